The summed E-state index contributed by atoms with van der Waals surface area (Å²) in [5.41, 5.74) is 3.98. The second kappa shape index (κ2) is 9.30. The zero-order valence-corrected chi connectivity index (χ0v) is 16.8. The van der Waals surface area contributed by atoms with Gasteiger partial charge in [-0.2, -0.15) is 5.10 Å². The van der Waals surface area contributed by atoms with Crippen molar-refractivity contribution in [3.05, 3.63) is 99.0 Å². The molecule has 0 saturated carbocycles. The molecule has 3 aromatic rings. The van der Waals surface area contributed by atoms with Gasteiger partial charge in [-0.25, -0.2) is 10.2 Å². The van der Waals surface area contributed by atoms with Crippen LogP contribution in [0.2, 0.25) is 5.02 Å². The molecular formula is C21H14BrClN2O3. The minimum absolute atomic E-state index is 0.296. The lowest BCUT2D eigenvalue weighted by Gasteiger charge is -2.06. The van der Waals surface area contributed by atoms with Crippen LogP contribution < -0.4 is 10.2 Å². The molecule has 0 aliphatic carbocycles. The van der Waals surface area contributed by atoms with E-state index in [0.29, 0.717) is 21.9 Å². The molecule has 0 saturated heterocycles. The first-order chi connectivity index (χ1) is 13.5. The normalized spacial score (nSPS) is 10.6. The third-order valence-electron chi connectivity index (χ3n) is 3.65. The topological polar surface area (TPSA) is 67.8 Å². The van der Waals surface area contributed by atoms with Crippen LogP contribution in [-0.4, -0.2) is 18.1 Å². The summed E-state index contributed by atoms with van der Waals surface area (Å²) in [6, 6.07) is 20.4. The Hall–Kier alpha value is -2.96. The number of rotatable bonds is 5. The fourth-order valence-corrected chi connectivity index (χ4v) is 2.88. The molecule has 0 aromatic heterocycles. The minimum Gasteiger partial charge on any atom is -0.423 e. The lowest BCUT2D eigenvalue weighted by molar-refractivity contribution is 0.0734. The lowest BCUT2D eigenvalue weighted by atomic mass is 10.2. The van der Waals surface area contributed by atoms with Crippen molar-refractivity contribution in [1.29, 1.82) is 0 Å². The van der Waals surface area contributed by atoms with Gasteiger partial charge in [0.1, 0.15) is 5.75 Å². The number of nitrogens with one attached hydrogen (secondary N) is 1. The fourth-order valence-electron chi connectivity index (χ4n) is 2.27. The van der Waals surface area contributed by atoms with Gasteiger partial charge >= 0.3 is 5.97 Å². The van der Waals surface area contributed by atoms with Gasteiger partial charge in [-0.1, -0.05) is 45.7 Å². The van der Waals surface area contributed by atoms with Gasteiger partial charge in [-0.3, -0.25) is 4.79 Å². The van der Waals surface area contributed by atoms with Crippen molar-refractivity contribution >= 4 is 45.6 Å². The highest BCUT2D eigenvalue weighted by Crippen LogP contribution is 2.19. The van der Waals surface area contributed by atoms with Crippen LogP contribution in [-0.2, 0) is 0 Å². The number of ether oxygens (including phenoxy) is 1. The molecule has 5 nitrogen and oxygen atoms in total. The maximum atomic E-state index is 12.1. The summed E-state index contributed by atoms with van der Waals surface area (Å²) < 4.78 is 6.12. The van der Waals surface area contributed by atoms with E-state index < -0.39 is 5.97 Å². The van der Waals surface area contributed by atoms with Gasteiger partial charge in [0.05, 0.1) is 16.8 Å². The Balaban J connectivity index is 1.58. The molecular weight excluding hydrogens is 444 g/mol. The molecule has 28 heavy (non-hydrogen) atoms. The highest BCUT2D eigenvalue weighted by atomic mass is 79.9. The molecule has 0 atom stereocenters. The number of hydrogen-bond acceptors (Lipinski definition) is 4. The molecule has 0 fully saturated rings. The molecule has 0 aliphatic rings. The summed E-state index contributed by atoms with van der Waals surface area (Å²) in [6.07, 6.45) is 1.50. The second-order valence-electron chi connectivity index (χ2n) is 5.65. The molecule has 1 N–H and O–H groups in total. The number of esters is 1. The van der Waals surface area contributed by atoms with Gasteiger partial charge in [0.15, 0.2) is 0 Å². The summed E-state index contributed by atoms with van der Waals surface area (Å²) in [5, 5.41) is 4.26. The van der Waals surface area contributed by atoms with Crippen LogP contribution in [0.3, 0.4) is 0 Å². The molecule has 1 amide bonds. The Morgan fingerprint density at radius 1 is 1.00 bits per heavy atom. The van der Waals surface area contributed by atoms with E-state index in [4.69, 9.17) is 16.3 Å². The fraction of sp³-hybridized carbons (Fsp3) is 0. The van der Waals surface area contributed by atoms with Crippen molar-refractivity contribution in [2.45, 2.75) is 0 Å². The summed E-state index contributed by atoms with van der Waals surface area (Å²) in [7, 11) is 0. The molecule has 7 heteroatoms. The third-order valence-corrected chi connectivity index (χ3v) is 4.47. The molecule has 0 unspecified atom stereocenters. The Bertz CT molecular complexity index is 1040. The standard InChI is InChI=1S/C21H14BrClN2O3/c22-16-5-3-4-15(12-16)20(26)25-24-13-14-8-10-17(11-9-14)28-21(27)18-6-1-2-7-19(18)23/h1-13H,(H,25,26)/b24-13+. The van der Waals surface area contributed by atoms with Crippen LogP contribution in [0.15, 0.2) is 82.4 Å². The SMILES string of the molecule is O=C(N/N=C/c1ccc(OC(=O)c2ccccc2Cl)cc1)c1cccc(Br)c1. The van der Waals surface area contributed by atoms with Gasteiger partial charge in [0.25, 0.3) is 5.91 Å². The molecule has 3 aromatic carbocycles. The average Bonchev–Trinajstić information content (AvgIpc) is 2.69. The highest BCUT2D eigenvalue weighted by molar-refractivity contribution is 9.10. The van der Waals surface area contributed by atoms with Crippen molar-refractivity contribution < 1.29 is 14.3 Å². The summed E-state index contributed by atoms with van der Waals surface area (Å²) in [5.74, 6) is -0.476. The van der Waals surface area contributed by atoms with E-state index in [1.165, 1.54) is 6.21 Å². The molecule has 0 aliphatic heterocycles. The van der Waals surface area contributed by atoms with E-state index in [2.05, 4.69) is 26.5 Å². The molecule has 3 rings (SSSR count). The number of carbonyl (C=O) groups is 2. The van der Waals surface area contributed by atoms with Crippen LogP contribution in [0.1, 0.15) is 26.3 Å². The number of hydrogen-bond donors (Lipinski definition) is 1. The first-order valence-electron chi connectivity index (χ1n) is 8.19. The van der Waals surface area contributed by atoms with E-state index in [-0.39, 0.29) is 5.91 Å². The summed E-state index contributed by atoms with van der Waals surface area (Å²) in [4.78, 5) is 24.2. The van der Waals surface area contributed by atoms with Crippen LogP contribution in [0, 0.1) is 0 Å². The Morgan fingerprint density at radius 3 is 2.46 bits per heavy atom. The van der Waals surface area contributed by atoms with Gasteiger partial charge in [-0.05, 0) is 60.2 Å². The number of nitrogens with zero attached hydrogens (tertiary/aromatic N) is 1. The second-order valence-corrected chi connectivity index (χ2v) is 6.97. The number of benzene rings is 3. The van der Waals surface area contributed by atoms with Crippen LogP contribution in [0.4, 0.5) is 0 Å². The van der Waals surface area contributed by atoms with Crippen LogP contribution in [0.5, 0.6) is 5.75 Å². The van der Waals surface area contributed by atoms with Crippen molar-refractivity contribution in [2.75, 3.05) is 0 Å². The first kappa shape index (κ1) is 19.8. The minimum atomic E-state index is -0.534. The van der Waals surface area contributed by atoms with Crippen LogP contribution in [0.25, 0.3) is 0 Å². The van der Waals surface area contributed by atoms with E-state index in [0.717, 1.165) is 10.0 Å². The van der Waals surface area contributed by atoms with Crippen molar-refractivity contribution in [3.63, 3.8) is 0 Å². The predicted octanol–water partition coefficient (Wildman–Crippen LogP) is 5.09. The van der Waals surface area contributed by atoms with E-state index >= 15 is 0 Å². The van der Waals surface area contributed by atoms with Gasteiger partial charge in [0, 0.05) is 10.0 Å². The number of halogens is 2. The molecule has 0 radical (unpaired) electrons. The van der Waals surface area contributed by atoms with E-state index in [9.17, 15) is 9.59 Å². The van der Waals surface area contributed by atoms with E-state index in [1.54, 1.807) is 66.7 Å². The Labute approximate surface area is 175 Å². The van der Waals surface area contributed by atoms with Crippen molar-refractivity contribution in [2.24, 2.45) is 5.10 Å². The average molecular weight is 458 g/mol. The predicted molar refractivity (Wildman–Crippen MR) is 112 cm³/mol. The summed E-state index contributed by atoms with van der Waals surface area (Å²) in [6.45, 7) is 0. The highest BCUT2D eigenvalue weighted by Gasteiger charge is 2.12. The van der Waals surface area contributed by atoms with E-state index in [1.807, 2.05) is 6.07 Å². The Morgan fingerprint density at radius 2 is 1.75 bits per heavy atom. The van der Waals surface area contributed by atoms with Gasteiger partial charge in [0.2, 0.25) is 0 Å². The third kappa shape index (κ3) is 5.28. The quantitative estimate of drug-likeness (QED) is 0.251. The summed E-state index contributed by atoms with van der Waals surface area (Å²) >= 11 is 9.31. The van der Waals surface area contributed by atoms with Gasteiger partial charge in [-0.15, -0.1) is 0 Å². The molecule has 0 heterocycles. The van der Waals surface area contributed by atoms with Crippen molar-refractivity contribution in [3.8, 4) is 5.75 Å². The maximum absolute atomic E-state index is 12.1. The smallest absolute Gasteiger partial charge is 0.345 e. The van der Waals surface area contributed by atoms with Crippen molar-refractivity contribution in [1.82, 2.24) is 5.43 Å². The number of carbonyl (C=O) groups excluding carboxylic acids is 2. The number of amides is 1. The monoisotopic (exact) mass is 456 g/mol. The van der Waals surface area contributed by atoms with Crippen LogP contribution >= 0.6 is 27.5 Å². The lowest BCUT2D eigenvalue weighted by Crippen LogP contribution is -2.17. The van der Waals surface area contributed by atoms with Gasteiger partial charge < -0.3 is 4.74 Å². The zero-order valence-electron chi connectivity index (χ0n) is 14.4. The molecule has 140 valence electrons. The largest absolute Gasteiger partial charge is 0.423 e. The maximum Gasteiger partial charge on any atom is 0.345 e. The zero-order chi connectivity index (χ0) is 19.9. The number of hydrazone groups is 1. The first-order valence-corrected chi connectivity index (χ1v) is 9.36. The molecule has 0 bridgehead atoms. The Kier molecular flexibility index (Phi) is 6.57. The molecule has 0 spiro atoms.